The number of rotatable bonds is 5. The molecule has 2 atom stereocenters. The van der Waals surface area contributed by atoms with E-state index in [1.807, 2.05) is 0 Å². The Morgan fingerprint density at radius 3 is 3.05 bits per heavy atom. The van der Waals surface area contributed by atoms with Crippen LogP contribution in [-0.4, -0.2) is 34.3 Å². The summed E-state index contributed by atoms with van der Waals surface area (Å²) in [6.07, 6.45) is 1.80. The van der Waals surface area contributed by atoms with E-state index < -0.39 is 22.5 Å². The summed E-state index contributed by atoms with van der Waals surface area (Å²) in [5, 5.41) is 2.38. The summed E-state index contributed by atoms with van der Waals surface area (Å²) in [6, 6.07) is 3.91. The van der Waals surface area contributed by atoms with Crippen LogP contribution < -0.4 is 11.1 Å². The van der Waals surface area contributed by atoms with Crippen molar-refractivity contribution in [3.05, 3.63) is 24.0 Å². The Morgan fingerprint density at radius 1 is 1.55 bits per heavy atom. The summed E-state index contributed by atoms with van der Waals surface area (Å²) < 4.78 is 30.6. The molecule has 0 radical (unpaired) electrons. The number of nitrogens with one attached hydrogen (secondary N) is 1. The normalized spacial score (nSPS) is 19.8. The van der Waals surface area contributed by atoms with E-state index in [9.17, 15) is 13.4 Å². The molecular weight excluding hydrogens is 283 g/mol. The van der Waals surface area contributed by atoms with Gasteiger partial charge in [0.15, 0.2) is 0 Å². The largest absolute Gasteiger partial charge is 0.399 e. The summed E-state index contributed by atoms with van der Waals surface area (Å²) in [7, 11) is -1.32. The summed E-state index contributed by atoms with van der Waals surface area (Å²) in [5.41, 5.74) is 5.87. The molecule has 1 aromatic carbocycles. The molecule has 110 valence electrons. The SMILES string of the molecule is Nc1ccc(F)c(NC(=O)CS(=O)CC2CCCO2)c1. The van der Waals surface area contributed by atoms with E-state index in [0.29, 0.717) is 18.0 Å². The van der Waals surface area contributed by atoms with Gasteiger partial charge in [-0.1, -0.05) is 0 Å². The average molecular weight is 300 g/mol. The molecule has 3 N–H and O–H groups in total. The Morgan fingerprint density at radius 2 is 2.35 bits per heavy atom. The topological polar surface area (TPSA) is 81.4 Å². The number of benzene rings is 1. The van der Waals surface area contributed by atoms with Crippen molar-refractivity contribution in [2.24, 2.45) is 0 Å². The Bertz CT molecular complexity index is 518. The summed E-state index contributed by atoms with van der Waals surface area (Å²) >= 11 is 0. The van der Waals surface area contributed by atoms with Crippen LogP contribution in [0.4, 0.5) is 15.8 Å². The minimum Gasteiger partial charge on any atom is -0.399 e. The number of hydrogen-bond donors (Lipinski definition) is 2. The highest BCUT2D eigenvalue weighted by molar-refractivity contribution is 7.85. The van der Waals surface area contributed by atoms with Crippen molar-refractivity contribution in [2.45, 2.75) is 18.9 Å². The van der Waals surface area contributed by atoms with Crippen molar-refractivity contribution in [1.29, 1.82) is 0 Å². The lowest BCUT2D eigenvalue weighted by Crippen LogP contribution is -2.25. The fourth-order valence-corrected chi connectivity index (χ4v) is 3.17. The minimum absolute atomic E-state index is 0.00381. The highest BCUT2D eigenvalue weighted by Gasteiger charge is 2.20. The molecule has 0 aliphatic carbocycles. The van der Waals surface area contributed by atoms with Gasteiger partial charge in [0.1, 0.15) is 11.6 Å². The van der Waals surface area contributed by atoms with Crippen LogP contribution in [0, 0.1) is 5.82 Å². The molecular formula is C13H17FN2O3S. The number of nitrogens with two attached hydrogens (primary N) is 1. The summed E-state index contributed by atoms with van der Waals surface area (Å²) in [4.78, 5) is 11.7. The van der Waals surface area contributed by atoms with Crippen molar-refractivity contribution in [3.63, 3.8) is 0 Å². The molecule has 1 saturated heterocycles. The number of halogens is 1. The first-order valence-electron chi connectivity index (χ1n) is 6.36. The van der Waals surface area contributed by atoms with Gasteiger partial charge in [-0.3, -0.25) is 9.00 Å². The van der Waals surface area contributed by atoms with Crippen LogP contribution in [0.15, 0.2) is 18.2 Å². The molecule has 1 aliphatic rings. The van der Waals surface area contributed by atoms with Gasteiger partial charge in [0.2, 0.25) is 5.91 Å². The van der Waals surface area contributed by atoms with Gasteiger partial charge in [-0.25, -0.2) is 4.39 Å². The molecule has 0 spiro atoms. The lowest BCUT2D eigenvalue weighted by Gasteiger charge is -2.10. The number of amides is 1. The molecule has 1 aromatic rings. The van der Waals surface area contributed by atoms with E-state index in [0.717, 1.165) is 12.8 Å². The second-order valence-corrected chi connectivity index (χ2v) is 6.17. The smallest absolute Gasteiger partial charge is 0.237 e. The van der Waals surface area contributed by atoms with Crippen molar-refractivity contribution in [2.75, 3.05) is 29.2 Å². The van der Waals surface area contributed by atoms with Crippen LogP contribution in [0.5, 0.6) is 0 Å². The summed E-state index contributed by atoms with van der Waals surface area (Å²) in [5.74, 6) is -0.899. The first kappa shape index (κ1) is 14.9. The standard InChI is InChI=1S/C13H17FN2O3S/c14-11-4-3-9(15)6-12(11)16-13(17)8-20(18)7-10-2-1-5-19-10/h3-4,6,10H,1-2,5,7-8,15H2,(H,16,17). The minimum atomic E-state index is -1.32. The predicted octanol–water partition coefficient (Wildman–Crippen LogP) is 1.27. The number of hydrogen-bond acceptors (Lipinski definition) is 4. The van der Waals surface area contributed by atoms with Gasteiger partial charge in [0.05, 0.1) is 17.5 Å². The molecule has 0 bridgehead atoms. The quantitative estimate of drug-likeness (QED) is 0.803. The van der Waals surface area contributed by atoms with E-state index in [4.69, 9.17) is 10.5 Å². The predicted molar refractivity (Wildman–Crippen MR) is 76.3 cm³/mol. The lowest BCUT2D eigenvalue weighted by atomic mass is 10.2. The molecule has 0 saturated carbocycles. The van der Waals surface area contributed by atoms with Gasteiger partial charge in [-0.05, 0) is 31.0 Å². The Labute approximate surface area is 119 Å². The van der Waals surface area contributed by atoms with Crippen LogP contribution in [-0.2, 0) is 20.3 Å². The van der Waals surface area contributed by atoms with E-state index in [1.54, 1.807) is 0 Å². The molecule has 1 heterocycles. The van der Waals surface area contributed by atoms with E-state index >= 15 is 0 Å². The van der Waals surface area contributed by atoms with Crippen LogP contribution in [0.1, 0.15) is 12.8 Å². The van der Waals surface area contributed by atoms with Crippen molar-refractivity contribution in [1.82, 2.24) is 0 Å². The number of carbonyl (C=O) groups is 1. The number of anilines is 2. The molecule has 1 amide bonds. The monoisotopic (exact) mass is 300 g/mol. The second kappa shape index (κ2) is 6.81. The van der Waals surface area contributed by atoms with Gasteiger partial charge < -0.3 is 15.8 Å². The molecule has 2 rings (SSSR count). The number of nitrogen functional groups attached to an aromatic ring is 1. The number of carbonyl (C=O) groups excluding carboxylic acids is 1. The van der Waals surface area contributed by atoms with Gasteiger partial charge in [-0.15, -0.1) is 0 Å². The van der Waals surface area contributed by atoms with Crippen molar-refractivity contribution in [3.8, 4) is 0 Å². The van der Waals surface area contributed by atoms with Gasteiger partial charge in [0, 0.05) is 23.1 Å². The maximum atomic E-state index is 13.4. The third kappa shape index (κ3) is 4.28. The van der Waals surface area contributed by atoms with Crippen molar-refractivity contribution < 1.29 is 18.1 Å². The number of ether oxygens (including phenoxy) is 1. The first-order valence-corrected chi connectivity index (χ1v) is 7.85. The average Bonchev–Trinajstić information content (AvgIpc) is 2.86. The Hall–Kier alpha value is -1.47. The van der Waals surface area contributed by atoms with E-state index in [2.05, 4.69) is 5.32 Å². The second-order valence-electron chi connectivity index (χ2n) is 4.67. The maximum absolute atomic E-state index is 13.4. The third-order valence-electron chi connectivity index (χ3n) is 2.95. The molecule has 5 nitrogen and oxygen atoms in total. The molecule has 2 unspecified atom stereocenters. The van der Waals surface area contributed by atoms with Crippen LogP contribution in [0.25, 0.3) is 0 Å². The summed E-state index contributed by atoms with van der Waals surface area (Å²) in [6.45, 7) is 0.683. The lowest BCUT2D eigenvalue weighted by molar-refractivity contribution is -0.113. The van der Waals surface area contributed by atoms with Gasteiger partial charge in [0.25, 0.3) is 0 Å². The Kier molecular flexibility index (Phi) is 5.08. The molecule has 1 aliphatic heterocycles. The molecule has 0 aromatic heterocycles. The van der Waals surface area contributed by atoms with Gasteiger partial charge in [-0.2, -0.15) is 0 Å². The fourth-order valence-electron chi connectivity index (χ4n) is 2.01. The third-order valence-corrected chi connectivity index (χ3v) is 4.28. The van der Waals surface area contributed by atoms with Crippen LogP contribution in [0.2, 0.25) is 0 Å². The van der Waals surface area contributed by atoms with E-state index in [1.165, 1.54) is 18.2 Å². The zero-order valence-corrected chi connectivity index (χ0v) is 11.7. The van der Waals surface area contributed by atoms with Gasteiger partial charge >= 0.3 is 0 Å². The van der Waals surface area contributed by atoms with Crippen LogP contribution in [0.3, 0.4) is 0 Å². The first-order chi connectivity index (χ1) is 9.54. The highest BCUT2D eigenvalue weighted by atomic mass is 32.2. The van der Waals surface area contributed by atoms with E-state index in [-0.39, 0.29) is 17.5 Å². The fraction of sp³-hybridized carbons (Fsp3) is 0.462. The zero-order chi connectivity index (χ0) is 14.5. The molecule has 20 heavy (non-hydrogen) atoms. The zero-order valence-electron chi connectivity index (χ0n) is 10.9. The van der Waals surface area contributed by atoms with Crippen LogP contribution >= 0.6 is 0 Å². The molecule has 1 fully saturated rings. The Balaban J connectivity index is 1.85. The molecule has 7 heteroatoms. The maximum Gasteiger partial charge on any atom is 0.237 e. The van der Waals surface area contributed by atoms with Crippen molar-refractivity contribution >= 4 is 28.1 Å². The highest BCUT2D eigenvalue weighted by Crippen LogP contribution is 2.17.